The van der Waals surface area contributed by atoms with E-state index in [-0.39, 0.29) is 5.82 Å². The number of aromatic nitrogens is 4. The van der Waals surface area contributed by atoms with E-state index in [0.29, 0.717) is 18.1 Å². The highest BCUT2D eigenvalue weighted by atomic mass is 16.6. The number of hydrogen-bond acceptors (Lipinski definition) is 6. The van der Waals surface area contributed by atoms with Gasteiger partial charge in [-0.05, 0) is 16.8 Å². The molecule has 18 heavy (non-hydrogen) atoms. The number of nitrogens with one attached hydrogen (secondary N) is 1. The average Bonchev–Trinajstić information content (AvgIpc) is 2.81. The lowest BCUT2D eigenvalue weighted by molar-refractivity contribution is -0.389. The lowest BCUT2D eigenvalue weighted by Gasteiger charge is -2.03. The first kappa shape index (κ1) is 12.0. The van der Waals surface area contributed by atoms with Crippen LogP contribution in [0.15, 0.2) is 24.9 Å². The zero-order chi connectivity index (χ0) is 13.0. The first-order chi connectivity index (χ1) is 8.69. The Morgan fingerprint density at radius 1 is 1.39 bits per heavy atom. The quantitative estimate of drug-likeness (QED) is 0.627. The Hall–Kier alpha value is -2.51. The van der Waals surface area contributed by atoms with Crippen LogP contribution in [0, 0.1) is 10.1 Å². The third-order valence-electron chi connectivity index (χ3n) is 2.21. The van der Waals surface area contributed by atoms with Gasteiger partial charge in [-0.2, -0.15) is 0 Å². The van der Waals surface area contributed by atoms with E-state index >= 15 is 0 Å². The molecule has 0 atom stereocenters. The topological polar surface area (TPSA) is 98.8 Å². The van der Waals surface area contributed by atoms with E-state index < -0.39 is 4.92 Å². The largest absolute Gasteiger partial charge is 0.381 e. The predicted octanol–water partition coefficient (Wildman–Crippen LogP) is 1.06. The van der Waals surface area contributed by atoms with E-state index in [1.54, 1.807) is 17.0 Å². The lowest BCUT2D eigenvalue weighted by atomic mass is 10.4. The van der Waals surface area contributed by atoms with Gasteiger partial charge in [0.25, 0.3) is 0 Å². The average molecular weight is 248 g/mol. The van der Waals surface area contributed by atoms with E-state index in [2.05, 4.69) is 20.3 Å². The second-order valence-corrected chi connectivity index (χ2v) is 3.58. The molecule has 0 amide bonds. The van der Waals surface area contributed by atoms with Crippen LogP contribution in [0.3, 0.4) is 0 Å². The summed E-state index contributed by atoms with van der Waals surface area (Å²) in [6.07, 6.45) is 6.02. The van der Waals surface area contributed by atoms with Gasteiger partial charge in [0.05, 0.1) is 24.6 Å². The van der Waals surface area contributed by atoms with Gasteiger partial charge >= 0.3 is 5.82 Å². The number of rotatable bonds is 5. The summed E-state index contributed by atoms with van der Waals surface area (Å²) in [6.45, 7) is 3.15. The predicted molar refractivity (Wildman–Crippen MR) is 64.2 cm³/mol. The fourth-order valence-electron chi connectivity index (χ4n) is 1.42. The van der Waals surface area contributed by atoms with Gasteiger partial charge in [-0.1, -0.05) is 0 Å². The molecule has 0 radical (unpaired) electrons. The van der Waals surface area contributed by atoms with E-state index in [4.69, 9.17) is 0 Å². The molecule has 0 bridgehead atoms. The smallest absolute Gasteiger partial charge is 0.369 e. The van der Waals surface area contributed by atoms with E-state index in [1.807, 2.05) is 6.92 Å². The van der Waals surface area contributed by atoms with Gasteiger partial charge in [-0.15, -0.1) is 0 Å². The minimum absolute atomic E-state index is 0.174. The van der Waals surface area contributed by atoms with Crippen molar-refractivity contribution in [3.8, 4) is 0 Å². The Balaban J connectivity index is 2.06. The summed E-state index contributed by atoms with van der Waals surface area (Å²) in [5.41, 5.74) is 0.712. The first-order valence-electron chi connectivity index (χ1n) is 5.40. The Bertz CT molecular complexity index is 536. The van der Waals surface area contributed by atoms with Gasteiger partial charge < -0.3 is 20.0 Å². The minimum atomic E-state index is -0.531. The monoisotopic (exact) mass is 248 g/mol. The first-order valence-corrected chi connectivity index (χ1v) is 5.40. The van der Waals surface area contributed by atoms with Crippen molar-refractivity contribution in [2.24, 2.45) is 0 Å². The number of imidazole rings is 1. The summed E-state index contributed by atoms with van der Waals surface area (Å²) in [5, 5.41) is 13.5. The van der Waals surface area contributed by atoms with Crippen molar-refractivity contribution in [1.82, 2.24) is 19.5 Å². The maximum atomic E-state index is 10.5. The molecule has 2 heterocycles. The van der Waals surface area contributed by atoms with E-state index in [0.717, 1.165) is 6.54 Å². The van der Waals surface area contributed by atoms with Crippen molar-refractivity contribution >= 4 is 11.6 Å². The number of nitrogens with zero attached hydrogens (tertiary/aromatic N) is 5. The summed E-state index contributed by atoms with van der Waals surface area (Å²) in [5.74, 6) is 0.532. The Morgan fingerprint density at radius 2 is 2.22 bits per heavy atom. The summed E-state index contributed by atoms with van der Waals surface area (Å²) in [4.78, 5) is 22.0. The number of nitro groups is 1. The molecule has 2 aromatic heterocycles. The molecule has 0 aliphatic carbocycles. The van der Waals surface area contributed by atoms with Crippen molar-refractivity contribution in [3.05, 3.63) is 40.7 Å². The summed E-state index contributed by atoms with van der Waals surface area (Å²) >= 11 is 0. The second-order valence-electron chi connectivity index (χ2n) is 3.58. The zero-order valence-corrected chi connectivity index (χ0v) is 9.78. The van der Waals surface area contributed by atoms with Gasteiger partial charge in [0, 0.05) is 6.54 Å². The molecular weight excluding hydrogens is 236 g/mol. The van der Waals surface area contributed by atoms with Crippen LogP contribution in [0.2, 0.25) is 0 Å². The summed E-state index contributed by atoms with van der Waals surface area (Å²) in [6, 6.07) is 0. The van der Waals surface area contributed by atoms with Crippen LogP contribution >= 0.6 is 0 Å². The molecule has 0 aliphatic rings. The molecule has 2 rings (SSSR count). The van der Waals surface area contributed by atoms with Gasteiger partial charge in [-0.25, -0.2) is 4.98 Å². The van der Waals surface area contributed by atoms with Gasteiger partial charge in [0.15, 0.2) is 0 Å². The van der Waals surface area contributed by atoms with Crippen LogP contribution in [0.4, 0.5) is 11.6 Å². The fourth-order valence-corrected chi connectivity index (χ4v) is 1.42. The van der Waals surface area contributed by atoms with E-state index in [9.17, 15) is 10.1 Å². The molecule has 94 valence electrons. The Morgan fingerprint density at radius 3 is 2.78 bits per heavy atom. The fraction of sp³-hybridized carbons (Fsp3) is 0.300. The third-order valence-corrected chi connectivity index (χ3v) is 2.21. The number of hydrogen-bond donors (Lipinski definition) is 1. The highest BCUT2D eigenvalue weighted by molar-refractivity contribution is 5.30. The standard InChI is InChI=1S/C10H12N6O2/c1-2-11-9-4-12-8(3-13-9)5-15-6-10(14-7-15)16(17)18/h3-4,6-7H,2,5H2,1H3,(H,11,13). The minimum Gasteiger partial charge on any atom is -0.369 e. The highest BCUT2D eigenvalue weighted by Crippen LogP contribution is 2.08. The molecule has 0 aromatic carbocycles. The van der Waals surface area contributed by atoms with E-state index in [1.165, 1.54) is 12.5 Å². The maximum Gasteiger partial charge on any atom is 0.381 e. The highest BCUT2D eigenvalue weighted by Gasteiger charge is 2.10. The molecule has 8 nitrogen and oxygen atoms in total. The molecule has 0 aliphatic heterocycles. The Kier molecular flexibility index (Phi) is 3.46. The maximum absolute atomic E-state index is 10.5. The molecule has 8 heteroatoms. The zero-order valence-electron chi connectivity index (χ0n) is 9.78. The van der Waals surface area contributed by atoms with Gasteiger partial charge in [0.1, 0.15) is 12.0 Å². The molecule has 0 unspecified atom stereocenters. The van der Waals surface area contributed by atoms with Gasteiger partial charge in [-0.3, -0.25) is 4.98 Å². The molecule has 0 saturated heterocycles. The van der Waals surface area contributed by atoms with Crippen LogP contribution in [-0.2, 0) is 6.54 Å². The summed E-state index contributed by atoms with van der Waals surface area (Å²) in [7, 11) is 0. The van der Waals surface area contributed by atoms with Crippen LogP contribution in [-0.4, -0.2) is 31.0 Å². The SMILES string of the molecule is CCNc1cnc(Cn2cnc([N+](=O)[O-])c2)cn1. The van der Waals surface area contributed by atoms with Crippen molar-refractivity contribution in [2.45, 2.75) is 13.5 Å². The molecule has 0 saturated carbocycles. The third kappa shape index (κ3) is 2.78. The Labute approximate surface area is 103 Å². The second kappa shape index (κ2) is 5.21. The van der Waals surface area contributed by atoms with Gasteiger partial charge in [0.2, 0.25) is 6.33 Å². The van der Waals surface area contributed by atoms with Crippen LogP contribution in [0.5, 0.6) is 0 Å². The molecule has 0 spiro atoms. The molecular formula is C10H12N6O2. The molecule has 1 N–H and O–H groups in total. The van der Waals surface area contributed by atoms with Crippen molar-refractivity contribution in [3.63, 3.8) is 0 Å². The van der Waals surface area contributed by atoms with Crippen molar-refractivity contribution < 1.29 is 4.92 Å². The summed E-state index contributed by atoms with van der Waals surface area (Å²) < 4.78 is 1.59. The van der Waals surface area contributed by atoms with Crippen LogP contribution in [0.1, 0.15) is 12.6 Å². The molecule has 2 aromatic rings. The number of anilines is 1. The van der Waals surface area contributed by atoms with Crippen molar-refractivity contribution in [2.75, 3.05) is 11.9 Å². The molecule has 0 fully saturated rings. The van der Waals surface area contributed by atoms with Crippen LogP contribution in [0.25, 0.3) is 0 Å². The van der Waals surface area contributed by atoms with Crippen molar-refractivity contribution in [1.29, 1.82) is 0 Å². The van der Waals surface area contributed by atoms with Crippen LogP contribution < -0.4 is 5.32 Å². The normalized spacial score (nSPS) is 10.3. The lowest BCUT2D eigenvalue weighted by Crippen LogP contribution is -2.03.